The number of nitrogens with one attached hydrogen (secondary N) is 1. The molecule has 0 saturated carbocycles. The van der Waals surface area contributed by atoms with Gasteiger partial charge in [-0.2, -0.15) is 5.10 Å². The minimum atomic E-state index is -0.283. The maximum absolute atomic E-state index is 12.2. The molecule has 1 N–H and O–H groups in total. The third kappa shape index (κ3) is 2.24. The van der Waals surface area contributed by atoms with E-state index in [1.165, 1.54) is 6.26 Å². The van der Waals surface area contributed by atoms with Crippen LogP contribution in [0.25, 0.3) is 0 Å². The molecular weight excluding hydrogens is 258 g/mol. The molecule has 0 saturated heterocycles. The first-order valence-electron chi connectivity index (χ1n) is 6.54. The van der Waals surface area contributed by atoms with E-state index < -0.39 is 0 Å². The monoisotopic (exact) mass is 273 g/mol. The van der Waals surface area contributed by atoms with Gasteiger partial charge in [0.1, 0.15) is 12.0 Å². The normalized spacial score (nSPS) is 14.2. The highest BCUT2D eigenvalue weighted by molar-refractivity contribution is 6.09. The number of carbonyl (C=O) groups is 2. The Morgan fingerprint density at radius 2 is 2.35 bits per heavy atom. The number of hydrogen-bond donors (Lipinski definition) is 1. The van der Waals surface area contributed by atoms with Crippen LogP contribution in [0.3, 0.4) is 0 Å². The Kier molecular flexibility index (Phi) is 3.14. The average Bonchev–Trinajstić information content (AvgIpc) is 3.03. The molecule has 1 aliphatic rings. The summed E-state index contributed by atoms with van der Waals surface area (Å²) in [6.07, 6.45) is 6.89. The molecule has 2 aromatic heterocycles. The second-order valence-electron chi connectivity index (χ2n) is 4.93. The number of nitrogens with zero attached hydrogens (tertiary/aromatic N) is 2. The van der Waals surface area contributed by atoms with Crippen LogP contribution in [-0.2, 0) is 20.0 Å². The predicted molar refractivity (Wildman–Crippen MR) is 70.4 cm³/mol. The molecule has 0 radical (unpaired) electrons. The molecule has 20 heavy (non-hydrogen) atoms. The van der Waals surface area contributed by atoms with Gasteiger partial charge in [-0.3, -0.25) is 14.3 Å². The number of aromatic nitrogens is 2. The summed E-state index contributed by atoms with van der Waals surface area (Å²) < 4.78 is 7.01. The highest BCUT2D eigenvalue weighted by Gasteiger charge is 2.27. The fraction of sp³-hybridized carbons (Fsp3) is 0.357. The number of amides is 1. The van der Waals surface area contributed by atoms with E-state index in [0.29, 0.717) is 29.9 Å². The molecule has 6 nitrogen and oxygen atoms in total. The largest absolute Gasteiger partial charge is 0.468 e. The van der Waals surface area contributed by atoms with Crippen molar-refractivity contribution in [2.45, 2.75) is 25.8 Å². The van der Waals surface area contributed by atoms with E-state index in [4.69, 9.17) is 4.42 Å². The molecule has 2 aromatic rings. The minimum Gasteiger partial charge on any atom is -0.468 e. The Bertz CT molecular complexity index is 669. The lowest BCUT2D eigenvalue weighted by Gasteiger charge is -2.09. The van der Waals surface area contributed by atoms with Crippen molar-refractivity contribution in [2.24, 2.45) is 7.05 Å². The predicted octanol–water partition coefficient (Wildman–Crippen LogP) is 1.46. The number of rotatable bonds is 3. The molecule has 0 aliphatic heterocycles. The van der Waals surface area contributed by atoms with Crippen molar-refractivity contribution in [2.75, 3.05) is 0 Å². The van der Waals surface area contributed by atoms with E-state index in [2.05, 4.69) is 10.4 Å². The number of ketones is 1. The molecule has 0 unspecified atom stereocenters. The van der Waals surface area contributed by atoms with Crippen molar-refractivity contribution in [1.29, 1.82) is 0 Å². The van der Waals surface area contributed by atoms with Gasteiger partial charge in [0.2, 0.25) is 0 Å². The van der Waals surface area contributed by atoms with Crippen molar-refractivity contribution < 1.29 is 14.0 Å². The van der Waals surface area contributed by atoms with Gasteiger partial charge in [-0.05, 0) is 6.42 Å². The van der Waals surface area contributed by atoms with E-state index >= 15 is 0 Å². The quantitative estimate of drug-likeness (QED) is 0.918. The van der Waals surface area contributed by atoms with Crippen LogP contribution in [-0.4, -0.2) is 21.5 Å². The van der Waals surface area contributed by atoms with Crippen molar-refractivity contribution >= 4 is 11.7 Å². The zero-order valence-corrected chi connectivity index (χ0v) is 11.2. The number of furan rings is 1. The third-order valence-corrected chi connectivity index (χ3v) is 3.41. The van der Waals surface area contributed by atoms with Crippen LogP contribution in [0.4, 0.5) is 0 Å². The highest BCUT2D eigenvalue weighted by atomic mass is 16.3. The first-order chi connectivity index (χ1) is 9.65. The zero-order valence-electron chi connectivity index (χ0n) is 11.2. The van der Waals surface area contributed by atoms with Crippen molar-refractivity contribution in [3.63, 3.8) is 0 Å². The molecule has 0 fully saturated rings. The Morgan fingerprint density at radius 1 is 1.50 bits per heavy atom. The number of aryl methyl sites for hydroxylation is 2. The average molecular weight is 273 g/mol. The molecule has 2 heterocycles. The van der Waals surface area contributed by atoms with Crippen LogP contribution in [0, 0.1) is 0 Å². The number of Topliss-reactive ketones (excluding diaryl/α,β-unsaturated/α-hetero) is 1. The van der Waals surface area contributed by atoms with Crippen LogP contribution < -0.4 is 5.32 Å². The van der Waals surface area contributed by atoms with E-state index in [1.807, 2.05) is 13.2 Å². The Balaban J connectivity index is 1.74. The molecule has 0 atom stereocenters. The second-order valence-corrected chi connectivity index (χ2v) is 4.93. The summed E-state index contributed by atoms with van der Waals surface area (Å²) >= 11 is 0. The van der Waals surface area contributed by atoms with Gasteiger partial charge in [-0.1, -0.05) is 0 Å². The maximum Gasteiger partial charge on any atom is 0.255 e. The van der Waals surface area contributed by atoms with Crippen molar-refractivity contribution in [1.82, 2.24) is 15.1 Å². The number of fused-ring (bicyclic) bond motifs is 1. The smallest absolute Gasteiger partial charge is 0.255 e. The first kappa shape index (κ1) is 12.7. The van der Waals surface area contributed by atoms with Gasteiger partial charge in [0.25, 0.3) is 5.91 Å². The molecule has 6 heteroatoms. The van der Waals surface area contributed by atoms with Crippen molar-refractivity contribution in [3.05, 3.63) is 41.1 Å². The molecule has 0 bridgehead atoms. The van der Waals surface area contributed by atoms with E-state index in [0.717, 1.165) is 18.4 Å². The van der Waals surface area contributed by atoms with Gasteiger partial charge in [-0.25, -0.2) is 0 Å². The Hall–Kier alpha value is -2.37. The van der Waals surface area contributed by atoms with Gasteiger partial charge in [-0.15, -0.1) is 0 Å². The molecule has 1 aliphatic carbocycles. The van der Waals surface area contributed by atoms with Crippen LogP contribution in [0.15, 0.2) is 23.1 Å². The van der Waals surface area contributed by atoms with Crippen LogP contribution in [0.1, 0.15) is 44.9 Å². The molecular formula is C14H15N3O3. The van der Waals surface area contributed by atoms with Crippen LogP contribution >= 0.6 is 0 Å². The fourth-order valence-corrected chi connectivity index (χ4v) is 2.43. The summed E-state index contributed by atoms with van der Waals surface area (Å²) in [5, 5.41) is 6.81. The summed E-state index contributed by atoms with van der Waals surface area (Å²) in [5.41, 5.74) is 1.71. The second kappa shape index (κ2) is 4.96. The van der Waals surface area contributed by atoms with Gasteiger partial charge >= 0.3 is 0 Å². The Labute approximate surface area is 115 Å². The lowest BCUT2D eigenvalue weighted by Crippen LogP contribution is -2.25. The topological polar surface area (TPSA) is 77.1 Å². The van der Waals surface area contributed by atoms with E-state index in [-0.39, 0.29) is 11.7 Å². The Morgan fingerprint density at radius 3 is 3.10 bits per heavy atom. The lowest BCUT2D eigenvalue weighted by atomic mass is 9.94. The zero-order chi connectivity index (χ0) is 14.1. The van der Waals surface area contributed by atoms with Gasteiger partial charge < -0.3 is 9.73 Å². The van der Waals surface area contributed by atoms with Crippen LogP contribution in [0.5, 0.6) is 0 Å². The van der Waals surface area contributed by atoms with E-state index in [1.54, 1.807) is 10.9 Å². The maximum atomic E-state index is 12.2. The molecule has 3 rings (SSSR count). The molecule has 0 aromatic carbocycles. The summed E-state index contributed by atoms with van der Waals surface area (Å²) in [4.78, 5) is 24.0. The summed E-state index contributed by atoms with van der Waals surface area (Å²) in [6, 6.07) is 0. The first-order valence-corrected chi connectivity index (χ1v) is 6.54. The minimum absolute atomic E-state index is 0.00784. The summed E-state index contributed by atoms with van der Waals surface area (Å²) in [7, 11) is 1.82. The van der Waals surface area contributed by atoms with Crippen molar-refractivity contribution in [3.8, 4) is 0 Å². The fourth-order valence-electron chi connectivity index (χ4n) is 2.43. The van der Waals surface area contributed by atoms with Crippen LogP contribution in [0.2, 0.25) is 0 Å². The lowest BCUT2D eigenvalue weighted by molar-refractivity contribution is 0.0926. The number of hydrogen-bond acceptors (Lipinski definition) is 4. The van der Waals surface area contributed by atoms with Gasteiger partial charge in [0, 0.05) is 38.2 Å². The van der Waals surface area contributed by atoms with E-state index in [9.17, 15) is 9.59 Å². The SMILES string of the molecule is Cn1cc(CNC(=O)c2coc3c2C(=O)CCC3)cn1. The number of carbonyl (C=O) groups excluding carboxylic acids is 2. The highest BCUT2D eigenvalue weighted by Crippen LogP contribution is 2.26. The third-order valence-electron chi connectivity index (χ3n) is 3.41. The van der Waals surface area contributed by atoms with Gasteiger partial charge in [0.15, 0.2) is 5.78 Å². The molecule has 104 valence electrons. The standard InChI is InChI=1S/C14H15N3O3/c1-17-7-9(6-16-17)5-15-14(19)10-8-20-12-4-2-3-11(18)13(10)12/h6-8H,2-5H2,1H3,(H,15,19). The van der Waals surface area contributed by atoms with Gasteiger partial charge in [0.05, 0.1) is 17.3 Å². The molecule has 0 spiro atoms. The summed E-state index contributed by atoms with van der Waals surface area (Å²) in [6.45, 7) is 0.376. The summed E-state index contributed by atoms with van der Waals surface area (Å²) in [5.74, 6) is 0.341. The molecule has 1 amide bonds.